The molecular formula is C20H30N6O2. The molecule has 8 nitrogen and oxygen atoms in total. The van der Waals surface area contributed by atoms with Gasteiger partial charge < -0.3 is 19.6 Å². The van der Waals surface area contributed by atoms with Crippen LogP contribution in [-0.2, 0) is 9.59 Å². The lowest BCUT2D eigenvalue weighted by atomic mass is 10.0. The van der Waals surface area contributed by atoms with E-state index in [1.807, 2.05) is 0 Å². The van der Waals surface area contributed by atoms with Gasteiger partial charge in [0.2, 0.25) is 0 Å². The van der Waals surface area contributed by atoms with Crippen molar-refractivity contribution in [3.8, 4) is 0 Å². The van der Waals surface area contributed by atoms with Crippen LogP contribution in [0.25, 0.3) is 0 Å². The zero-order chi connectivity index (χ0) is 19.5. The second-order valence-electron chi connectivity index (χ2n) is 8.21. The SMILES string of the molecule is CC1CCCN(c2cc(N3CCN(C(=O)C(=O)N4CCCC4)CC3)ncn2)C1. The number of hydrogen-bond acceptors (Lipinski definition) is 6. The summed E-state index contributed by atoms with van der Waals surface area (Å²) in [5, 5.41) is 0. The van der Waals surface area contributed by atoms with E-state index in [1.165, 1.54) is 12.8 Å². The molecule has 0 bridgehead atoms. The number of carbonyl (C=O) groups is 2. The van der Waals surface area contributed by atoms with Crippen LogP contribution < -0.4 is 9.80 Å². The van der Waals surface area contributed by atoms with E-state index in [2.05, 4.69) is 32.8 Å². The monoisotopic (exact) mass is 386 g/mol. The predicted molar refractivity (Wildman–Crippen MR) is 107 cm³/mol. The van der Waals surface area contributed by atoms with E-state index in [9.17, 15) is 9.59 Å². The summed E-state index contributed by atoms with van der Waals surface area (Å²) < 4.78 is 0. The largest absolute Gasteiger partial charge is 0.356 e. The number of nitrogens with zero attached hydrogens (tertiary/aromatic N) is 6. The number of piperidine rings is 1. The van der Waals surface area contributed by atoms with Crippen molar-refractivity contribution in [3.63, 3.8) is 0 Å². The van der Waals surface area contributed by atoms with Crippen molar-refractivity contribution in [2.45, 2.75) is 32.6 Å². The van der Waals surface area contributed by atoms with Crippen LogP contribution in [0.2, 0.25) is 0 Å². The quantitative estimate of drug-likeness (QED) is 0.706. The molecule has 3 saturated heterocycles. The molecule has 0 aliphatic carbocycles. The van der Waals surface area contributed by atoms with Gasteiger partial charge in [-0.2, -0.15) is 0 Å². The Hall–Kier alpha value is -2.38. The summed E-state index contributed by atoms with van der Waals surface area (Å²) in [5.74, 6) is 1.89. The van der Waals surface area contributed by atoms with Crippen LogP contribution in [0.15, 0.2) is 12.4 Å². The Bertz CT molecular complexity index is 712. The van der Waals surface area contributed by atoms with Gasteiger partial charge in [-0.3, -0.25) is 9.59 Å². The molecule has 0 spiro atoms. The summed E-state index contributed by atoms with van der Waals surface area (Å²) in [6, 6.07) is 2.06. The first kappa shape index (κ1) is 19.0. The molecule has 2 amide bonds. The van der Waals surface area contributed by atoms with E-state index in [1.54, 1.807) is 16.1 Å². The highest BCUT2D eigenvalue weighted by molar-refractivity contribution is 6.35. The van der Waals surface area contributed by atoms with Gasteiger partial charge in [0.25, 0.3) is 0 Å². The van der Waals surface area contributed by atoms with E-state index >= 15 is 0 Å². The number of rotatable bonds is 2. The van der Waals surface area contributed by atoms with E-state index in [4.69, 9.17) is 0 Å². The molecule has 0 saturated carbocycles. The van der Waals surface area contributed by atoms with Gasteiger partial charge in [0, 0.05) is 58.4 Å². The average molecular weight is 387 g/mol. The highest BCUT2D eigenvalue weighted by Crippen LogP contribution is 2.24. The molecule has 4 heterocycles. The fourth-order valence-corrected chi connectivity index (χ4v) is 4.41. The van der Waals surface area contributed by atoms with Gasteiger partial charge in [0.1, 0.15) is 18.0 Å². The number of anilines is 2. The van der Waals surface area contributed by atoms with E-state index < -0.39 is 0 Å². The van der Waals surface area contributed by atoms with Crippen molar-refractivity contribution in [1.82, 2.24) is 19.8 Å². The summed E-state index contributed by atoms with van der Waals surface area (Å²) in [4.78, 5) is 41.7. The molecule has 3 fully saturated rings. The van der Waals surface area contributed by atoms with Crippen LogP contribution >= 0.6 is 0 Å². The first-order valence-corrected chi connectivity index (χ1v) is 10.5. The van der Waals surface area contributed by atoms with Gasteiger partial charge in [-0.15, -0.1) is 0 Å². The van der Waals surface area contributed by atoms with Gasteiger partial charge in [0.05, 0.1) is 0 Å². The van der Waals surface area contributed by atoms with Crippen molar-refractivity contribution in [2.75, 3.05) is 62.2 Å². The third kappa shape index (κ3) is 4.05. The Balaban J connectivity index is 1.35. The maximum Gasteiger partial charge on any atom is 0.312 e. The fraction of sp³-hybridized carbons (Fsp3) is 0.700. The second-order valence-corrected chi connectivity index (χ2v) is 8.21. The first-order valence-electron chi connectivity index (χ1n) is 10.5. The van der Waals surface area contributed by atoms with Crippen LogP contribution in [0.3, 0.4) is 0 Å². The van der Waals surface area contributed by atoms with Crippen LogP contribution in [0.4, 0.5) is 11.6 Å². The Morgan fingerprint density at radius 3 is 2.07 bits per heavy atom. The van der Waals surface area contributed by atoms with Crippen molar-refractivity contribution in [1.29, 1.82) is 0 Å². The minimum Gasteiger partial charge on any atom is -0.356 e. The molecule has 28 heavy (non-hydrogen) atoms. The van der Waals surface area contributed by atoms with Gasteiger partial charge >= 0.3 is 11.8 Å². The minimum absolute atomic E-state index is 0.338. The van der Waals surface area contributed by atoms with Gasteiger partial charge in [-0.25, -0.2) is 9.97 Å². The van der Waals surface area contributed by atoms with Gasteiger partial charge in [-0.05, 0) is 31.6 Å². The Kier molecular flexibility index (Phi) is 5.64. The van der Waals surface area contributed by atoms with E-state index in [-0.39, 0.29) is 11.8 Å². The van der Waals surface area contributed by atoms with Crippen molar-refractivity contribution in [2.24, 2.45) is 5.92 Å². The molecular weight excluding hydrogens is 356 g/mol. The topological polar surface area (TPSA) is 72.9 Å². The van der Waals surface area contributed by atoms with E-state index in [0.29, 0.717) is 45.2 Å². The first-order chi connectivity index (χ1) is 13.6. The summed E-state index contributed by atoms with van der Waals surface area (Å²) in [7, 11) is 0. The van der Waals surface area contributed by atoms with Crippen molar-refractivity contribution in [3.05, 3.63) is 12.4 Å². The second kappa shape index (κ2) is 8.32. The summed E-state index contributed by atoms with van der Waals surface area (Å²) in [6.45, 7) is 8.27. The number of amides is 2. The molecule has 0 aromatic carbocycles. The average Bonchev–Trinajstić information content (AvgIpc) is 3.28. The normalized spacial score (nSPS) is 23.2. The van der Waals surface area contributed by atoms with Gasteiger partial charge in [0.15, 0.2) is 0 Å². The molecule has 1 aromatic rings. The number of likely N-dealkylation sites (tertiary alicyclic amines) is 1. The minimum atomic E-state index is -0.354. The van der Waals surface area contributed by atoms with Crippen molar-refractivity contribution < 1.29 is 9.59 Å². The summed E-state index contributed by atoms with van der Waals surface area (Å²) in [5.41, 5.74) is 0. The molecule has 1 unspecified atom stereocenters. The number of carbonyl (C=O) groups excluding carboxylic acids is 2. The predicted octanol–water partition coefficient (Wildman–Crippen LogP) is 0.984. The maximum absolute atomic E-state index is 12.5. The molecule has 3 aliphatic heterocycles. The molecule has 0 N–H and O–H groups in total. The number of hydrogen-bond donors (Lipinski definition) is 0. The Morgan fingerprint density at radius 1 is 0.821 bits per heavy atom. The molecule has 1 atom stereocenters. The third-order valence-corrected chi connectivity index (χ3v) is 6.09. The summed E-state index contributed by atoms with van der Waals surface area (Å²) >= 11 is 0. The molecule has 1 aromatic heterocycles. The van der Waals surface area contributed by atoms with Crippen LogP contribution in [0, 0.1) is 5.92 Å². The molecule has 152 valence electrons. The lowest BCUT2D eigenvalue weighted by molar-refractivity contribution is -0.151. The maximum atomic E-state index is 12.5. The Morgan fingerprint density at radius 2 is 1.43 bits per heavy atom. The van der Waals surface area contributed by atoms with Crippen LogP contribution in [-0.4, -0.2) is 83.9 Å². The molecule has 0 radical (unpaired) electrons. The highest BCUT2D eigenvalue weighted by atomic mass is 16.2. The fourth-order valence-electron chi connectivity index (χ4n) is 4.41. The zero-order valence-electron chi connectivity index (χ0n) is 16.7. The van der Waals surface area contributed by atoms with Crippen LogP contribution in [0.5, 0.6) is 0 Å². The molecule has 8 heteroatoms. The summed E-state index contributed by atoms with van der Waals surface area (Å²) in [6.07, 6.45) is 6.11. The van der Waals surface area contributed by atoms with Crippen molar-refractivity contribution >= 4 is 23.5 Å². The number of aromatic nitrogens is 2. The molecule has 3 aliphatic rings. The highest BCUT2D eigenvalue weighted by Gasteiger charge is 2.31. The Labute approximate surface area is 166 Å². The van der Waals surface area contributed by atoms with E-state index in [0.717, 1.165) is 37.6 Å². The van der Waals surface area contributed by atoms with Crippen LogP contribution in [0.1, 0.15) is 32.6 Å². The zero-order valence-corrected chi connectivity index (χ0v) is 16.7. The smallest absolute Gasteiger partial charge is 0.312 e. The van der Waals surface area contributed by atoms with Gasteiger partial charge in [-0.1, -0.05) is 6.92 Å². The lowest BCUT2D eigenvalue weighted by Gasteiger charge is -2.36. The molecule has 4 rings (SSSR count). The number of piperazine rings is 1. The lowest BCUT2D eigenvalue weighted by Crippen LogP contribution is -2.53. The third-order valence-electron chi connectivity index (χ3n) is 6.09. The standard InChI is InChI=1S/C20H30N6O2/c1-16-5-4-8-26(14-16)18-13-17(21-15-22-18)23-9-11-25(12-10-23)20(28)19(27)24-6-2-3-7-24/h13,15-16H,2-12,14H2,1H3.